The van der Waals surface area contributed by atoms with Gasteiger partial charge >= 0.3 is 0 Å². The summed E-state index contributed by atoms with van der Waals surface area (Å²) < 4.78 is 28.1. The van der Waals surface area contributed by atoms with Crippen molar-refractivity contribution in [2.24, 2.45) is 0 Å². The molecule has 1 aromatic heterocycles. The number of anilines is 1. The quantitative estimate of drug-likeness (QED) is 0.547. The number of carbonyl (C=O) groups is 1. The minimum Gasteiger partial charge on any atom is -0.322 e. The van der Waals surface area contributed by atoms with E-state index in [1.54, 1.807) is 37.6 Å². The number of nitrogens with one attached hydrogen (secondary N) is 1. The highest BCUT2D eigenvalue weighted by Gasteiger charge is 2.24. The Bertz CT molecular complexity index is 1220. The summed E-state index contributed by atoms with van der Waals surface area (Å²) in [5.74, 6) is -0.405. The first-order chi connectivity index (χ1) is 15.0. The predicted molar refractivity (Wildman–Crippen MR) is 127 cm³/mol. The maximum atomic E-state index is 12.9. The van der Waals surface area contributed by atoms with Crippen LogP contribution in [-0.2, 0) is 16.6 Å². The number of amides is 1. The first-order valence-electron chi connectivity index (χ1n) is 10.2. The molecule has 2 aromatic carbocycles. The third-order valence-electron chi connectivity index (χ3n) is 5.26. The van der Waals surface area contributed by atoms with Gasteiger partial charge in [0.2, 0.25) is 10.0 Å². The van der Waals surface area contributed by atoms with Gasteiger partial charge in [0.1, 0.15) is 5.15 Å². The van der Waals surface area contributed by atoms with Gasteiger partial charge in [0.15, 0.2) is 0 Å². The zero-order valence-corrected chi connectivity index (χ0v) is 20.3. The van der Waals surface area contributed by atoms with Crippen molar-refractivity contribution in [3.05, 3.63) is 76.1 Å². The van der Waals surface area contributed by atoms with Gasteiger partial charge in [0.05, 0.1) is 22.7 Å². The molecule has 0 spiro atoms. The van der Waals surface area contributed by atoms with E-state index in [1.165, 1.54) is 23.5 Å². The van der Waals surface area contributed by atoms with E-state index in [2.05, 4.69) is 10.4 Å². The van der Waals surface area contributed by atoms with Crippen LogP contribution in [0.5, 0.6) is 0 Å². The standard InChI is InChI=1S/C23H27ClN4O3S/c1-15(2)27(5)32(30,31)20-12-10-19(11-13-20)25-23(29)21-17(4)26-28(22(21)24)14-18-8-6-16(3)7-9-18/h6-13,15H,14H2,1-5H3,(H,25,29). The fourth-order valence-electron chi connectivity index (χ4n) is 3.13. The third kappa shape index (κ3) is 5.03. The molecule has 0 unspecified atom stereocenters. The van der Waals surface area contributed by atoms with E-state index in [0.717, 1.165) is 11.1 Å². The lowest BCUT2D eigenvalue weighted by Crippen LogP contribution is -2.33. The monoisotopic (exact) mass is 474 g/mol. The Hall–Kier alpha value is -2.68. The number of nitrogens with zero attached hydrogens (tertiary/aromatic N) is 3. The molecule has 1 N–H and O–H groups in total. The van der Waals surface area contributed by atoms with Gasteiger partial charge in [0, 0.05) is 18.8 Å². The van der Waals surface area contributed by atoms with Crippen molar-refractivity contribution in [3.8, 4) is 0 Å². The molecule has 0 aliphatic carbocycles. The summed E-state index contributed by atoms with van der Waals surface area (Å²) in [6, 6.07) is 13.9. The van der Waals surface area contributed by atoms with E-state index < -0.39 is 15.9 Å². The van der Waals surface area contributed by atoms with Crippen LogP contribution in [0.1, 0.15) is 41.0 Å². The van der Waals surface area contributed by atoms with Crippen molar-refractivity contribution < 1.29 is 13.2 Å². The van der Waals surface area contributed by atoms with Crippen molar-refractivity contribution in [3.63, 3.8) is 0 Å². The zero-order chi connectivity index (χ0) is 23.6. The van der Waals surface area contributed by atoms with Gasteiger partial charge in [-0.05, 0) is 57.5 Å². The lowest BCUT2D eigenvalue weighted by molar-refractivity contribution is 0.102. The number of rotatable bonds is 7. The van der Waals surface area contributed by atoms with Gasteiger partial charge in [0.25, 0.3) is 5.91 Å². The van der Waals surface area contributed by atoms with Gasteiger partial charge in [-0.1, -0.05) is 41.4 Å². The van der Waals surface area contributed by atoms with E-state index in [-0.39, 0.29) is 21.7 Å². The van der Waals surface area contributed by atoms with E-state index in [0.29, 0.717) is 17.9 Å². The maximum Gasteiger partial charge on any atom is 0.260 e. The van der Waals surface area contributed by atoms with Gasteiger partial charge < -0.3 is 5.32 Å². The number of aromatic nitrogens is 2. The van der Waals surface area contributed by atoms with Crippen LogP contribution in [0, 0.1) is 13.8 Å². The molecular formula is C23H27ClN4O3S. The molecule has 0 fully saturated rings. The summed E-state index contributed by atoms with van der Waals surface area (Å²) in [4.78, 5) is 13.0. The second-order valence-corrected chi connectivity index (χ2v) is 10.3. The number of hydrogen-bond acceptors (Lipinski definition) is 4. The number of hydrogen-bond donors (Lipinski definition) is 1. The predicted octanol–water partition coefficient (Wildman–Crippen LogP) is 4.48. The zero-order valence-electron chi connectivity index (χ0n) is 18.8. The molecule has 1 amide bonds. The van der Waals surface area contributed by atoms with Gasteiger partial charge in [-0.15, -0.1) is 0 Å². The second kappa shape index (κ2) is 9.44. The molecule has 0 radical (unpaired) electrons. The highest BCUT2D eigenvalue weighted by Crippen LogP contribution is 2.24. The molecule has 0 atom stereocenters. The van der Waals surface area contributed by atoms with Gasteiger partial charge in [-0.3, -0.25) is 4.79 Å². The molecule has 0 saturated carbocycles. The molecule has 1 heterocycles. The molecule has 0 saturated heterocycles. The number of benzene rings is 2. The molecule has 32 heavy (non-hydrogen) atoms. The molecule has 0 bridgehead atoms. The largest absolute Gasteiger partial charge is 0.322 e. The van der Waals surface area contributed by atoms with Crippen LogP contribution in [0.2, 0.25) is 5.15 Å². The van der Waals surface area contributed by atoms with Crippen molar-refractivity contribution in [1.29, 1.82) is 0 Å². The van der Waals surface area contributed by atoms with E-state index in [1.807, 2.05) is 31.2 Å². The van der Waals surface area contributed by atoms with Crippen LogP contribution < -0.4 is 5.32 Å². The normalized spacial score (nSPS) is 11.9. The summed E-state index contributed by atoms with van der Waals surface area (Å²) >= 11 is 6.48. The first kappa shape index (κ1) is 24.0. The van der Waals surface area contributed by atoms with E-state index in [4.69, 9.17) is 11.6 Å². The second-order valence-electron chi connectivity index (χ2n) is 7.99. The average molecular weight is 475 g/mol. The van der Waals surface area contributed by atoms with Gasteiger partial charge in [-0.25, -0.2) is 13.1 Å². The summed E-state index contributed by atoms with van der Waals surface area (Å²) in [6.07, 6.45) is 0. The van der Waals surface area contributed by atoms with Crippen molar-refractivity contribution in [1.82, 2.24) is 14.1 Å². The third-order valence-corrected chi connectivity index (χ3v) is 7.69. The fraction of sp³-hybridized carbons (Fsp3) is 0.304. The molecule has 3 aromatic rings. The lowest BCUT2D eigenvalue weighted by atomic mass is 10.1. The Morgan fingerprint density at radius 1 is 1.09 bits per heavy atom. The molecular weight excluding hydrogens is 448 g/mol. The minimum atomic E-state index is -3.59. The fourth-order valence-corrected chi connectivity index (χ4v) is 4.82. The number of carbonyl (C=O) groups excluding carboxylic acids is 1. The Kier molecular flexibility index (Phi) is 7.07. The van der Waals surface area contributed by atoms with E-state index in [9.17, 15) is 13.2 Å². The van der Waals surface area contributed by atoms with Crippen molar-refractivity contribution in [2.75, 3.05) is 12.4 Å². The summed E-state index contributed by atoms with van der Waals surface area (Å²) in [5, 5.41) is 7.43. The van der Waals surface area contributed by atoms with E-state index >= 15 is 0 Å². The Morgan fingerprint density at radius 2 is 1.69 bits per heavy atom. The number of aryl methyl sites for hydroxylation is 2. The molecule has 0 aliphatic heterocycles. The average Bonchev–Trinajstić information content (AvgIpc) is 3.02. The van der Waals surface area contributed by atoms with Crippen LogP contribution in [0.25, 0.3) is 0 Å². The minimum absolute atomic E-state index is 0.159. The van der Waals surface area contributed by atoms with Crippen molar-refractivity contribution in [2.45, 2.75) is 45.2 Å². The molecule has 9 heteroatoms. The highest BCUT2D eigenvalue weighted by molar-refractivity contribution is 7.89. The van der Waals surface area contributed by atoms with Crippen LogP contribution in [0.4, 0.5) is 5.69 Å². The number of sulfonamides is 1. The Morgan fingerprint density at radius 3 is 2.25 bits per heavy atom. The van der Waals surface area contributed by atoms with Crippen LogP contribution >= 0.6 is 11.6 Å². The number of halogens is 1. The maximum absolute atomic E-state index is 12.9. The van der Waals surface area contributed by atoms with Crippen LogP contribution in [-0.4, -0.2) is 41.5 Å². The molecule has 7 nitrogen and oxygen atoms in total. The Balaban J connectivity index is 1.77. The molecule has 3 rings (SSSR count). The highest BCUT2D eigenvalue weighted by atomic mass is 35.5. The van der Waals surface area contributed by atoms with Crippen molar-refractivity contribution >= 4 is 33.2 Å². The summed E-state index contributed by atoms with van der Waals surface area (Å²) in [5.41, 5.74) is 3.44. The molecule has 0 aliphatic rings. The van der Waals surface area contributed by atoms with Gasteiger partial charge in [-0.2, -0.15) is 9.40 Å². The molecule has 170 valence electrons. The van der Waals surface area contributed by atoms with Crippen LogP contribution in [0.15, 0.2) is 53.4 Å². The Labute approximate surface area is 194 Å². The topological polar surface area (TPSA) is 84.3 Å². The smallest absolute Gasteiger partial charge is 0.260 e. The van der Waals surface area contributed by atoms with Crippen LogP contribution in [0.3, 0.4) is 0 Å². The summed E-state index contributed by atoms with van der Waals surface area (Å²) in [7, 11) is -2.06. The lowest BCUT2D eigenvalue weighted by Gasteiger charge is -2.21. The SMILES string of the molecule is Cc1ccc(Cn2nc(C)c(C(=O)Nc3ccc(S(=O)(=O)N(C)C(C)C)cc3)c2Cl)cc1. The summed E-state index contributed by atoms with van der Waals surface area (Å²) in [6.45, 7) is 7.79. The first-order valence-corrected chi connectivity index (χ1v) is 12.0.